The van der Waals surface area contributed by atoms with Crippen LogP contribution >= 0.6 is 11.8 Å². The third-order valence-electron chi connectivity index (χ3n) is 2.57. The molecule has 5 nitrogen and oxygen atoms in total. The van der Waals surface area contributed by atoms with Gasteiger partial charge in [0.15, 0.2) is 0 Å². The second-order valence-electron chi connectivity index (χ2n) is 4.00. The van der Waals surface area contributed by atoms with Crippen molar-refractivity contribution in [1.29, 1.82) is 0 Å². The Bertz CT molecular complexity index is 474. The van der Waals surface area contributed by atoms with Crippen LogP contribution in [0, 0.1) is 0 Å². The van der Waals surface area contributed by atoms with Crippen molar-refractivity contribution in [2.75, 3.05) is 19.3 Å². The van der Waals surface area contributed by atoms with Crippen molar-refractivity contribution in [3.05, 3.63) is 42.5 Å². The Labute approximate surface area is 122 Å². The number of nitrogens with one attached hydrogen (secondary N) is 2. The number of carbonyl (C=O) groups is 2. The first-order chi connectivity index (χ1) is 9.58. The standard InChI is InChI=1S/C14H18N2O3S/c1-3-8-15-13(18)14(19)16-9-12(17)10-4-6-11(20-2)7-5-10/h3-7,12,17H,1,8-9H2,2H3,(H,15,18)(H,16,19). The zero-order chi connectivity index (χ0) is 15.0. The number of aliphatic hydroxyl groups is 1. The summed E-state index contributed by atoms with van der Waals surface area (Å²) in [5, 5.41) is 14.7. The maximum absolute atomic E-state index is 11.4. The minimum absolute atomic E-state index is 0.0149. The van der Waals surface area contributed by atoms with Gasteiger partial charge in [0.1, 0.15) is 0 Å². The number of hydrogen-bond acceptors (Lipinski definition) is 4. The first kappa shape index (κ1) is 16.3. The molecule has 2 amide bonds. The number of carbonyl (C=O) groups excluding carboxylic acids is 2. The van der Waals surface area contributed by atoms with E-state index in [4.69, 9.17) is 0 Å². The lowest BCUT2D eigenvalue weighted by molar-refractivity contribution is -0.139. The summed E-state index contributed by atoms with van der Waals surface area (Å²) in [6.45, 7) is 3.64. The Hall–Kier alpha value is -1.79. The molecule has 108 valence electrons. The minimum atomic E-state index is -0.845. The monoisotopic (exact) mass is 294 g/mol. The quantitative estimate of drug-likeness (QED) is 0.413. The van der Waals surface area contributed by atoms with E-state index in [-0.39, 0.29) is 13.1 Å². The minimum Gasteiger partial charge on any atom is -0.387 e. The second kappa shape index (κ2) is 8.39. The molecular weight excluding hydrogens is 276 g/mol. The van der Waals surface area contributed by atoms with Crippen LogP contribution in [-0.4, -0.2) is 36.3 Å². The van der Waals surface area contributed by atoms with Crippen molar-refractivity contribution >= 4 is 23.6 Å². The summed E-state index contributed by atoms with van der Waals surface area (Å²) < 4.78 is 0. The highest BCUT2D eigenvalue weighted by Crippen LogP contribution is 2.18. The summed E-state index contributed by atoms with van der Waals surface area (Å²) in [7, 11) is 0. The van der Waals surface area contributed by atoms with Crippen molar-refractivity contribution in [1.82, 2.24) is 10.6 Å². The number of benzene rings is 1. The summed E-state index contributed by atoms with van der Waals surface area (Å²) in [6, 6.07) is 7.37. The largest absolute Gasteiger partial charge is 0.387 e. The fourth-order valence-corrected chi connectivity index (χ4v) is 1.87. The van der Waals surface area contributed by atoms with Gasteiger partial charge in [0.2, 0.25) is 0 Å². The first-order valence-corrected chi connectivity index (χ1v) is 7.30. The Morgan fingerprint density at radius 1 is 1.30 bits per heavy atom. The second-order valence-corrected chi connectivity index (χ2v) is 4.88. The molecule has 0 radical (unpaired) electrons. The van der Waals surface area contributed by atoms with Crippen LogP contribution in [0.5, 0.6) is 0 Å². The summed E-state index contributed by atoms with van der Waals surface area (Å²) in [5.74, 6) is -1.51. The van der Waals surface area contributed by atoms with Gasteiger partial charge in [-0.1, -0.05) is 18.2 Å². The SMILES string of the molecule is C=CCNC(=O)C(=O)NCC(O)c1ccc(SC)cc1. The molecule has 20 heavy (non-hydrogen) atoms. The van der Waals surface area contributed by atoms with E-state index in [0.717, 1.165) is 4.90 Å². The lowest BCUT2D eigenvalue weighted by atomic mass is 10.1. The van der Waals surface area contributed by atoms with Gasteiger partial charge < -0.3 is 15.7 Å². The molecule has 0 saturated heterocycles. The first-order valence-electron chi connectivity index (χ1n) is 6.07. The lowest BCUT2D eigenvalue weighted by Crippen LogP contribution is -2.41. The Morgan fingerprint density at radius 3 is 2.45 bits per heavy atom. The molecule has 0 bridgehead atoms. The fraction of sp³-hybridized carbons (Fsp3) is 0.286. The van der Waals surface area contributed by atoms with Crippen LogP contribution in [0.25, 0.3) is 0 Å². The third-order valence-corrected chi connectivity index (χ3v) is 3.31. The molecule has 1 unspecified atom stereocenters. The number of hydrogen-bond donors (Lipinski definition) is 3. The van der Waals surface area contributed by atoms with Gasteiger partial charge in [-0.25, -0.2) is 0 Å². The van der Waals surface area contributed by atoms with Crippen LogP contribution in [-0.2, 0) is 9.59 Å². The van der Waals surface area contributed by atoms with Gasteiger partial charge >= 0.3 is 11.8 Å². The molecule has 0 aliphatic carbocycles. The zero-order valence-corrected chi connectivity index (χ0v) is 12.1. The summed E-state index contributed by atoms with van der Waals surface area (Å²) in [6.07, 6.45) is 2.60. The van der Waals surface area contributed by atoms with Crippen LogP contribution in [0.3, 0.4) is 0 Å². The third kappa shape index (κ3) is 5.07. The van der Waals surface area contributed by atoms with E-state index in [2.05, 4.69) is 17.2 Å². The van der Waals surface area contributed by atoms with E-state index in [0.29, 0.717) is 5.56 Å². The van der Waals surface area contributed by atoms with Gasteiger partial charge in [0.25, 0.3) is 0 Å². The molecule has 0 fully saturated rings. The van der Waals surface area contributed by atoms with Gasteiger partial charge in [0, 0.05) is 18.0 Å². The van der Waals surface area contributed by atoms with Gasteiger partial charge in [-0.05, 0) is 24.0 Å². The van der Waals surface area contributed by atoms with E-state index in [1.165, 1.54) is 6.08 Å². The fourth-order valence-electron chi connectivity index (χ4n) is 1.46. The summed E-state index contributed by atoms with van der Waals surface area (Å²) in [4.78, 5) is 23.8. The highest BCUT2D eigenvalue weighted by molar-refractivity contribution is 7.98. The molecule has 1 atom stereocenters. The normalized spacial score (nSPS) is 11.5. The maximum Gasteiger partial charge on any atom is 0.309 e. The molecule has 0 saturated carbocycles. The van der Waals surface area contributed by atoms with E-state index in [1.54, 1.807) is 23.9 Å². The van der Waals surface area contributed by atoms with Crippen LogP contribution < -0.4 is 10.6 Å². The molecule has 1 rings (SSSR count). The van der Waals surface area contributed by atoms with Gasteiger partial charge in [-0.2, -0.15) is 0 Å². The average Bonchev–Trinajstić information content (AvgIpc) is 2.49. The highest BCUT2D eigenvalue weighted by Gasteiger charge is 2.14. The maximum atomic E-state index is 11.4. The van der Waals surface area contributed by atoms with Crippen molar-refractivity contribution < 1.29 is 14.7 Å². The van der Waals surface area contributed by atoms with E-state index in [9.17, 15) is 14.7 Å². The van der Waals surface area contributed by atoms with Crippen LogP contribution in [0.2, 0.25) is 0 Å². The van der Waals surface area contributed by atoms with Crippen LogP contribution in [0.15, 0.2) is 41.8 Å². The van der Waals surface area contributed by atoms with Crippen molar-refractivity contribution in [3.8, 4) is 0 Å². The predicted octanol–water partition coefficient (Wildman–Crippen LogP) is 0.860. The Morgan fingerprint density at radius 2 is 1.90 bits per heavy atom. The van der Waals surface area contributed by atoms with E-state index in [1.807, 2.05) is 18.4 Å². The lowest BCUT2D eigenvalue weighted by Gasteiger charge is -2.12. The summed E-state index contributed by atoms with van der Waals surface area (Å²) >= 11 is 1.61. The highest BCUT2D eigenvalue weighted by atomic mass is 32.2. The Kier molecular flexibility index (Phi) is 6.83. The molecule has 1 aromatic rings. The molecule has 1 aromatic carbocycles. The molecule has 0 spiro atoms. The molecule has 0 heterocycles. The molecule has 6 heteroatoms. The Balaban J connectivity index is 2.45. The molecule has 3 N–H and O–H groups in total. The van der Waals surface area contributed by atoms with Crippen LogP contribution in [0.1, 0.15) is 11.7 Å². The molecule has 0 aliphatic heterocycles. The topological polar surface area (TPSA) is 78.4 Å². The van der Waals surface area contributed by atoms with E-state index >= 15 is 0 Å². The van der Waals surface area contributed by atoms with E-state index < -0.39 is 17.9 Å². The van der Waals surface area contributed by atoms with Gasteiger partial charge in [-0.15, -0.1) is 18.3 Å². The number of thioether (sulfide) groups is 1. The van der Waals surface area contributed by atoms with Crippen LogP contribution in [0.4, 0.5) is 0 Å². The zero-order valence-electron chi connectivity index (χ0n) is 11.3. The smallest absolute Gasteiger partial charge is 0.309 e. The number of aliphatic hydroxyl groups excluding tert-OH is 1. The van der Waals surface area contributed by atoms with Gasteiger partial charge in [-0.3, -0.25) is 9.59 Å². The predicted molar refractivity (Wildman–Crippen MR) is 79.4 cm³/mol. The number of amides is 2. The van der Waals surface area contributed by atoms with Crippen molar-refractivity contribution in [2.45, 2.75) is 11.0 Å². The molecule has 0 aromatic heterocycles. The van der Waals surface area contributed by atoms with Crippen molar-refractivity contribution in [3.63, 3.8) is 0 Å². The average molecular weight is 294 g/mol. The van der Waals surface area contributed by atoms with Gasteiger partial charge in [0.05, 0.1) is 6.10 Å². The van der Waals surface area contributed by atoms with Crippen molar-refractivity contribution in [2.24, 2.45) is 0 Å². The number of rotatable bonds is 6. The molecular formula is C14H18N2O3S. The molecule has 0 aliphatic rings. The summed E-state index contributed by atoms with van der Waals surface area (Å²) in [5.41, 5.74) is 0.689.